The molecule has 1 aliphatic carbocycles. The summed E-state index contributed by atoms with van der Waals surface area (Å²) in [5, 5.41) is 0. The average molecular weight is 292 g/mol. The van der Waals surface area contributed by atoms with E-state index >= 15 is 0 Å². The number of hydrogen-bond donors (Lipinski definition) is 0. The summed E-state index contributed by atoms with van der Waals surface area (Å²) < 4.78 is 0.705. The highest BCUT2D eigenvalue weighted by atomic mass is 32.2. The van der Waals surface area contributed by atoms with Crippen LogP contribution in [0.2, 0.25) is 0 Å². The van der Waals surface area contributed by atoms with E-state index in [9.17, 15) is 0 Å². The lowest BCUT2D eigenvalue weighted by atomic mass is 9.93. The van der Waals surface area contributed by atoms with Crippen LogP contribution in [0.5, 0.6) is 0 Å². The van der Waals surface area contributed by atoms with Gasteiger partial charge in [0.2, 0.25) is 0 Å². The van der Waals surface area contributed by atoms with Crippen LogP contribution in [0.15, 0.2) is 34.1 Å². The highest BCUT2D eigenvalue weighted by molar-refractivity contribution is 8.19. The standard InChI is InChI=1S/C17H23S2/c1-2-4-6-10-14(11-7-5-3-1)17-18-15-12-8-9-13-16(15)19-17/h8-9,12-13,17H,1-7,10-11H2. The SMILES string of the molecule is c1ccc2c(c1)SC([C]1CCCCCCCCC1)S2. The molecule has 0 bridgehead atoms. The van der Waals surface area contributed by atoms with Gasteiger partial charge in [-0.05, 0) is 30.9 Å². The molecule has 0 spiro atoms. The second-order valence-electron chi connectivity index (χ2n) is 5.65. The Morgan fingerprint density at radius 2 is 1.16 bits per heavy atom. The summed E-state index contributed by atoms with van der Waals surface area (Å²) in [5.74, 6) is 1.83. The highest BCUT2D eigenvalue weighted by Crippen LogP contribution is 2.53. The van der Waals surface area contributed by atoms with Crippen LogP contribution in [0.1, 0.15) is 57.8 Å². The Hall–Kier alpha value is -0.0800. The fourth-order valence-corrected chi connectivity index (χ4v) is 6.07. The largest absolute Gasteiger partial charge is 0.110 e. The van der Waals surface area contributed by atoms with Gasteiger partial charge in [-0.3, -0.25) is 0 Å². The van der Waals surface area contributed by atoms with Crippen molar-refractivity contribution < 1.29 is 0 Å². The first-order valence-corrected chi connectivity index (χ1v) is 9.46. The van der Waals surface area contributed by atoms with E-state index < -0.39 is 0 Å². The summed E-state index contributed by atoms with van der Waals surface area (Å²) in [6.07, 6.45) is 12.9. The van der Waals surface area contributed by atoms with E-state index in [-0.39, 0.29) is 0 Å². The zero-order valence-corrected chi connectivity index (χ0v) is 13.2. The third kappa shape index (κ3) is 3.72. The van der Waals surface area contributed by atoms with Crippen molar-refractivity contribution in [3.05, 3.63) is 30.2 Å². The molecule has 1 fully saturated rings. The van der Waals surface area contributed by atoms with Crippen LogP contribution in [-0.4, -0.2) is 4.58 Å². The average Bonchev–Trinajstić information content (AvgIpc) is 2.88. The van der Waals surface area contributed by atoms with E-state index in [1.165, 1.54) is 67.6 Å². The zero-order valence-electron chi connectivity index (χ0n) is 11.6. The summed E-state index contributed by atoms with van der Waals surface area (Å²) in [7, 11) is 0. The minimum Gasteiger partial charge on any atom is -0.110 e. The molecule has 3 rings (SSSR count). The van der Waals surface area contributed by atoms with Crippen molar-refractivity contribution in [2.45, 2.75) is 72.2 Å². The van der Waals surface area contributed by atoms with Gasteiger partial charge < -0.3 is 0 Å². The number of rotatable bonds is 1. The predicted molar refractivity (Wildman–Crippen MR) is 86.7 cm³/mol. The molecule has 0 N–H and O–H groups in total. The second-order valence-corrected chi connectivity index (χ2v) is 8.24. The molecule has 0 saturated heterocycles. The van der Waals surface area contributed by atoms with Crippen LogP contribution in [0.25, 0.3) is 0 Å². The quantitative estimate of drug-likeness (QED) is 0.594. The number of hydrogen-bond acceptors (Lipinski definition) is 2. The molecular weight excluding hydrogens is 268 g/mol. The predicted octanol–water partition coefficient (Wildman–Crippen LogP) is 6.31. The molecular formula is C17H23S2. The van der Waals surface area contributed by atoms with Gasteiger partial charge in [-0.2, -0.15) is 0 Å². The number of thioether (sulfide) groups is 2. The van der Waals surface area contributed by atoms with Crippen LogP contribution in [-0.2, 0) is 0 Å². The van der Waals surface area contributed by atoms with E-state index in [1.807, 2.05) is 5.92 Å². The monoisotopic (exact) mass is 291 g/mol. The van der Waals surface area contributed by atoms with Crippen molar-refractivity contribution in [2.24, 2.45) is 0 Å². The molecule has 0 amide bonds. The van der Waals surface area contributed by atoms with E-state index in [4.69, 9.17) is 0 Å². The second kappa shape index (κ2) is 7.08. The molecule has 1 saturated carbocycles. The Morgan fingerprint density at radius 1 is 0.684 bits per heavy atom. The fourth-order valence-electron chi connectivity index (χ4n) is 3.01. The Kier molecular flexibility index (Phi) is 5.17. The smallest absolute Gasteiger partial charge is 0.0659 e. The molecule has 19 heavy (non-hydrogen) atoms. The van der Waals surface area contributed by atoms with Crippen LogP contribution in [0.4, 0.5) is 0 Å². The van der Waals surface area contributed by atoms with Gasteiger partial charge in [0.1, 0.15) is 0 Å². The first-order valence-electron chi connectivity index (χ1n) is 7.70. The number of fused-ring (bicyclic) bond motifs is 1. The van der Waals surface area contributed by atoms with Gasteiger partial charge in [-0.15, -0.1) is 23.5 Å². The molecule has 0 nitrogen and oxygen atoms in total. The lowest BCUT2D eigenvalue weighted by Crippen LogP contribution is -2.10. The molecule has 103 valence electrons. The number of benzene rings is 1. The lowest BCUT2D eigenvalue weighted by molar-refractivity contribution is 0.522. The van der Waals surface area contributed by atoms with Gasteiger partial charge >= 0.3 is 0 Å². The van der Waals surface area contributed by atoms with E-state index in [0.29, 0.717) is 4.58 Å². The van der Waals surface area contributed by atoms with Crippen molar-refractivity contribution in [3.8, 4) is 0 Å². The Labute approximate surface area is 126 Å². The Balaban J connectivity index is 1.61. The van der Waals surface area contributed by atoms with Crippen molar-refractivity contribution in [2.75, 3.05) is 0 Å². The van der Waals surface area contributed by atoms with E-state index in [2.05, 4.69) is 47.8 Å². The highest BCUT2D eigenvalue weighted by Gasteiger charge is 2.30. The van der Waals surface area contributed by atoms with Crippen molar-refractivity contribution in [1.82, 2.24) is 0 Å². The van der Waals surface area contributed by atoms with Gasteiger partial charge in [0.15, 0.2) is 0 Å². The van der Waals surface area contributed by atoms with Gasteiger partial charge in [0.05, 0.1) is 4.58 Å². The van der Waals surface area contributed by atoms with Crippen molar-refractivity contribution in [1.29, 1.82) is 0 Å². The van der Waals surface area contributed by atoms with Gasteiger partial charge in [0, 0.05) is 9.79 Å². The molecule has 2 heteroatoms. The topological polar surface area (TPSA) is 0 Å². The first kappa shape index (κ1) is 13.9. The molecule has 0 atom stereocenters. The first-order chi connectivity index (χ1) is 9.43. The Bertz CT molecular complexity index is 367. The van der Waals surface area contributed by atoms with Crippen LogP contribution in [0.3, 0.4) is 0 Å². The van der Waals surface area contributed by atoms with Crippen LogP contribution < -0.4 is 0 Å². The zero-order chi connectivity index (χ0) is 12.9. The summed E-state index contributed by atoms with van der Waals surface area (Å²) in [6, 6.07) is 8.92. The Morgan fingerprint density at radius 3 is 1.68 bits per heavy atom. The molecule has 0 unspecified atom stereocenters. The van der Waals surface area contributed by atoms with Gasteiger partial charge in [-0.25, -0.2) is 0 Å². The maximum atomic E-state index is 2.29. The normalized spacial score (nSPS) is 23.2. The molecule has 1 aromatic carbocycles. The maximum Gasteiger partial charge on any atom is 0.0659 e. The third-order valence-electron chi connectivity index (χ3n) is 4.15. The summed E-state index contributed by atoms with van der Waals surface area (Å²) in [5.41, 5.74) is 0. The van der Waals surface area contributed by atoms with Crippen LogP contribution in [0, 0.1) is 5.92 Å². The summed E-state index contributed by atoms with van der Waals surface area (Å²) in [4.78, 5) is 3.00. The summed E-state index contributed by atoms with van der Waals surface area (Å²) in [6.45, 7) is 0. The molecule has 1 aliphatic heterocycles. The van der Waals surface area contributed by atoms with Crippen molar-refractivity contribution >= 4 is 23.5 Å². The fraction of sp³-hybridized carbons (Fsp3) is 0.588. The third-order valence-corrected chi connectivity index (χ3v) is 7.17. The summed E-state index contributed by atoms with van der Waals surface area (Å²) >= 11 is 4.19. The van der Waals surface area contributed by atoms with Gasteiger partial charge in [-0.1, -0.05) is 57.1 Å². The van der Waals surface area contributed by atoms with Crippen molar-refractivity contribution in [3.63, 3.8) is 0 Å². The lowest BCUT2D eigenvalue weighted by Gasteiger charge is -2.22. The van der Waals surface area contributed by atoms with E-state index in [0.717, 1.165) is 0 Å². The molecule has 1 heterocycles. The maximum absolute atomic E-state index is 2.29. The van der Waals surface area contributed by atoms with Crippen LogP contribution >= 0.6 is 23.5 Å². The molecule has 1 aromatic rings. The van der Waals surface area contributed by atoms with E-state index in [1.54, 1.807) is 0 Å². The minimum absolute atomic E-state index is 0.705. The van der Waals surface area contributed by atoms with Gasteiger partial charge in [0.25, 0.3) is 0 Å². The molecule has 0 aromatic heterocycles. The molecule has 2 aliphatic rings. The molecule has 1 radical (unpaired) electrons. The minimum atomic E-state index is 0.705.